The smallest absolute Gasteiger partial charge is 0.340 e. The molecule has 3 rings (SSSR count). The van der Waals surface area contributed by atoms with Crippen molar-refractivity contribution in [1.29, 1.82) is 0 Å². The van der Waals surface area contributed by atoms with Gasteiger partial charge in [0.25, 0.3) is 0 Å². The molecular weight excluding hydrogens is 424 g/mol. The molecule has 1 aliphatic heterocycles. The lowest BCUT2D eigenvalue weighted by Crippen LogP contribution is -2.37. The third-order valence-electron chi connectivity index (χ3n) is 5.40. The average Bonchev–Trinajstić information content (AvgIpc) is 2.89. The first kappa shape index (κ1) is 20.9. The van der Waals surface area contributed by atoms with Crippen molar-refractivity contribution in [2.24, 2.45) is 7.05 Å². The number of hydrogen-bond acceptors (Lipinski definition) is 5. The van der Waals surface area contributed by atoms with Crippen LogP contribution in [0.4, 0.5) is 0 Å². The van der Waals surface area contributed by atoms with Gasteiger partial charge >= 0.3 is 11.9 Å². The summed E-state index contributed by atoms with van der Waals surface area (Å²) < 4.78 is 13.4. The molecule has 0 amide bonds. The van der Waals surface area contributed by atoms with Crippen molar-refractivity contribution in [3.05, 3.63) is 27.9 Å². The predicted molar refractivity (Wildman–Crippen MR) is 112 cm³/mol. The lowest BCUT2D eigenvalue weighted by molar-refractivity contribution is -0.131. The monoisotopic (exact) mass is 450 g/mol. The van der Waals surface area contributed by atoms with Gasteiger partial charge in [0.05, 0.1) is 22.2 Å². The fraction of sp³-hybridized carbons (Fsp3) is 0.524. The molecule has 0 spiro atoms. The Morgan fingerprint density at radius 1 is 1.29 bits per heavy atom. The fourth-order valence-electron chi connectivity index (χ4n) is 3.92. The van der Waals surface area contributed by atoms with E-state index in [2.05, 4.69) is 27.8 Å². The molecule has 7 heteroatoms. The van der Waals surface area contributed by atoms with Gasteiger partial charge in [-0.25, -0.2) is 4.79 Å². The summed E-state index contributed by atoms with van der Waals surface area (Å²) in [5.41, 5.74) is 2.37. The number of benzene rings is 1. The number of esters is 2. The largest absolute Gasteiger partial charge is 0.462 e. The molecule has 1 aromatic heterocycles. The summed E-state index contributed by atoms with van der Waals surface area (Å²) in [5.74, 6) is -0.353. The highest BCUT2D eigenvalue weighted by molar-refractivity contribution is 9.10. The van der Waals surface area contributed by atoms with Crippen LogP contribution in [0.2, 0.25) is 0 Å². The van der Waals surface area contributed by atoms with Gasteiger partial charge in [-0.2, -0.15) is 0 Å². The zero-order valence-corrected chi connectivity index (χ0v) is 18.5. The van der Waals surface area contributed by atoms with E-state index in [4.69, 9.17) is 9.47 Å². The number of aryl methyl sites for hydroxylation is 1. The number of likely N-dealkylation sites (tertiary alicyclic amines) is 1. The number of rotatable bonds is 5. The van der Waals surface area contributed by atoms with Crippen molar-refractivity contribution in [3.8, 4) is 5.75 Å². The van der Waals surface area contributed by atoms with Crippen LogP contribution in [0, 0.1) is 0 Å². The Morgan fingerprint density at radius 2 is 2.04 bits per heavy atom. The van der Waals surface area contributed by atoms with Crippen LogP contribution in [0.5, 0.6) is 5.75 Å². The van der Waals surface area contributed by atoms with Crippen molar-refractivity contribution < 1.29 is 19.1 Å². The maximum absolute atomic E-state index is 12.9. The third-order valence-corrected chi connectivity index (χ3v) is 6.02. The maximum atomic E-state index is 12.9. The van der Waals surface area contributed by atoms with Crippen molar-refractivity contribution in [3.63, 3.8) is 0 Å². The number of nitrogens with zero attached hydrogens (tertiary/aromatic N) is 2. The normalized spacial score (nSPS) is 17.7. The number of halogens is 1. The van der Waals surface area contributed by atoms with E-state index in [0.717, 1.165) is 23.1 Å². The Morgan fingerprint density at radius 3 is 2.68 bits per heavy atom. The van der Waals surface area contributed by atoms with E-state index < -0.39 is 5.97 Å². The number of ether oxygens (including phenoxy) is 2. The van der Waals surface area contributed by atoms with Gasteiger partial charge < -0.3 is 14.0 Å². The number of aromatic nitrogens is 1. The van der Waals surface area contributed by atoms with E-state index in [-0.39, 0.29) is 5.97 Å². The van der Waals surface area contributed by atoms with Gasteiger partial charge in [-0.05, 0) is 61.3 Å². The van der Waals surface area contributed by atoms with Crippen LogP contribution in [0.3, 0.4) is 0 Å². The predicted octanol–water partition coefficient (Wildman–Crippen LogP) is 4.42. The fourth-order valence-corrected chi connectivity index (χ4v) is 4.34. The Hall–Kier alpha value is -1.86. The Bertz CT molecular complexity index is 906. The van der Waals surface area contributed by atoms with Crippen molar-refractivity contribution >= 4 is 38.8 Å². The quantitative estimate of drug-likeness (QED) is 0.498. The minimum atomic E-state index is -0.406. The van der Waals surface area contributed by atoms with E-state index in [1.807, 2.05) is 17.7 Å². The SMILES string of the molecule is CCOC(=O)c1c(CN2CCCC[C@@H]2C)n(C)c2cc(Br)c(OC(C)=O)cc12. The van der Waals surface area contributed by atoms with Crippen LogP contribution >= 0.6 is 15.9 Å². The third kappa shape index (κ3) is 4.10. The lowest BCUT2D eigenvalue weighted by Gasteiger charge is -2.33. The van der Waals surface area contributed by atoms with Gasteiger partial charge in [0.15, 0.2) is 0 Å². The van der Waals surface area contributed by atoms with Crippen LogP contribution in [0.25, 0.3) is 10.9 Å². The minimum Gasteiger partial charge on any atom is -0.462 e. The van der Waals surface area contributed by atoms with Crippen molar-refractivity contribution in [2.45, 2.75) is 52.6 Å². The van der Waals surface area contributed by atoms with E-state index in [1.165, 1.54) is 26.2 Å². The second-order valence-electron chi connectivity index (χ2n) is 7.31. The number of carbonyl (C=O) groups excluding carboxylic acids is 2. The molecule has 152 valence electrons. The molecule has 0 aliphatic carbocycles. The highest BCUT2D eigenvalue weighted by atomic mass is 79.9. The van der Waals surface area contributed by atoms with Crippen LogP contribution < -0.4 is 4.74 Å². The first-order valence-electron chi connectivity index (χ1n) is 9.73. The Balaban J connectivity index is 2.14. The van der Waals surface area contributed by atoms with Gasteiger partial charge in [-0.1, -0.05) is 6.42 Å². The summed E-state index contributed by atoms with van der Waals surface area (Å²) in [6, 6.07) is 4.11. The van der Waals surface area contributed by atoms with Gasteiger partial charge in [0, 0.05) is 37.6 Å². The number of hydrogen-bond donors (Lipinski definition) is 0. The highest BCUT2D eigenvalue weighted by Gasteiger charge is 2.27. The van der Waals surface area contributed by atoms with E-state index >= 15 is 0 Å². The summed E-state index contributed by atoms with van der Waals surface area (Å²) >= 11 is 3.47. The van der Waals surface area contributed by atoms with Gasteiger partial charge in [-0.3, -0.25) is 9.69 Å². The minimum absolute atomic E-state index is 0.308. The molecule has 0 unspecified atom stereocenters. The molecule has 0 bridgehead atoms. The first-order valence-corrected chi connectivity index (χ1v) is 10.5. The first-order chi connectivity index (χ1) is 13.3. The van der Waals surface area contributed by atoms with E-state index in [1.54, 1.807) is 13.0 Å². The molecule has 1 aromatic carbocycles. The molecule has 0 saturated carbocycles. The van der Waals surface area contributed by atoms with Crippen LogP contribution in [0.1, 0.15) is 56.1 Å². The second-order valence-corrected chi connectivity index (χ2v) is 8.16. The molecule has 1 atom stereocenters. The van der Waals surface area contributed by atoms with Crippen LogP contribution in [-0.4, -0.2) is 40.6 Å². The number of fused-ring (bicyclic) bond motifs is 1. The summed E-state index contributed by atoms with van der Waals surface area (Å²) in [5, 5.41) is 0.736. The maximum Gasteiger partial charge on any atom is 0.340 e. The highest BCUT2D eigenvalue weighted by Crippen LogP contribution is 2.36. The zero-order valence-electron chi connectivity index (χ0n) is 16.9. The second kappa shape index (κ2) is 8.66. The Kier molecular flexibility index (Phi) is 6.45. The molecule has 6 nitrogen and oxygen atoms in total. The number of piperidine rings is 1. The lowest BCUT2D eigenvalue weighted by atomic mass is 10.0. The summed E-state index contributed by atoms with van der Waals surface area (Å²) in [4.78, 5) is 26.7. The summed E-state index contributed by atoms with van der Waals surface area (Å²) in [7, 11) is 1.97. The molecule has 1 saturated heterocycles. The zero-order chi connectivity index (χ0) is 20.4. The van der Waals surface area contributed by atoms with Gasteiger partial charge in [0.1, 0.15) is 5.75 Å². The average molecular weight is 451 g/mol. The molecule has 0 N–H and O–H groups in total. The van der Waals surface area contributed by atoms with Gasteiger partial charge in [0.2, 0.25) is 0 Å². The van der Waals surface area contributed by atoms with Crippen LogP contribution in [-0.2, 0) is 23.1 Å². The molecule has 2 aromatic rings. The topological polar surface area (TPSA) is 60.8 Å². The van der Waals surface area contributed by atoms with Crippen molar-refractivity contribution in [2.75, 3.05) is 13.2 Å². The number of carbonyl (C=O) groups is 2. The molecule has 0 radical (unpaired) electrons. The molecule has 2 heterocycles. The standard InChI is InChI=1S/C21H27BrN2O4/c1-5-27-21(26)20-15-10-19(28-14(3)25)16(22)11-17(15)23(4)18(20)12-24-9-7-6-8-13(24)2/h10-11,13H,5-9,12H2,1-4H3/t13-/m0/s1. The van der Waals surface area contributed by atoms with Crippen molar-refractivity contribution in [1.82, 2.24) is 9.47 Å². The van der Waals surface area contributed by atoms with Gasteiger partial charge in [-0.15, -0.1) is 0 Å². The van der Waals surface area contributed by atoms with E-state index in [0.29, 0.717) is 35.0 Å². The summed E-state index contributed by atoms with van der Waals surface area (Å²) in [6.07, 6.45) is 3.59. The molecular formula is C21H27BrN2O4. The molecule has 1 aliphatic rings. The molecule has 1 fully saturated rings. The Labute approximate surface area is 173 Å². The molecule has 28 heavy (non-hydrogen) atoms. The van der Waals surface area contributed by atoms with Crippen LogP contribution in [0.15, 0.2) is 16.6 Å². The van der Waals surface area contributed by atoms with E-state index in [9.17, 15) is 9.59 Å². The summed E-state index contributed by atoms with van der Waals surface area (Å²) in [6.45, 7) is 7.41.